The Morgan fingerprint density at radius 2 is 1.57 bits per heavy atom. The molecule has 2 aromatic rings. The highest BCUT2D eigenvalue weighted by Crippen LogP contribution is 2.16. The number of ether oxygens (including phenoxy) is 1. The molecule has 0 N–H and O–H groups in total. The van der Waals surface area contributed by atoms with E-state index in [1.165, 1.54) is 0 Å². The number of ketones is 1. The number of hydrogen-bond donors (Lipinski definition) is 0. The van der Waals surface area contributed by atoms with Crippen LogP contribution in [0.3, 0.4) is 0 Å². The summed E-state index contributed by atoms with van der Waals surface area (Å²) in [5.74, 6) is 0.783. The lowest BCUT2D eigenvalue weighted by Crippen LogP contribution is -2.01. The average molecular weight is 457 g/mol. The van der Waals surface area contributed by atoms with Crippen molar-refractivity contribution in [1.82, 2.24) is 0 Å². The van der Waals surface area contributed by atoms with E-state index in [4.69, 9.17) is 4.74 Å². The van der Waals surface area contributed by atoms with Gasteiger partial charge in [-0.2, -0.15) is 0 Å². The van der Waals surface area contributed by atoms with Gasteiger partial charge in [0, 0.05) is 20.0 Å². The number of carbonyl (C=O) groups is 1. The normalized spacial score (nSPS) is 10.8. The van der Waals surface area contributed by atoms with Gasteiger partial charge >= 0.3 is 0 Å². The van der Waals surface area contributed by atoms with E-state index in [2.05, 4.69) is 38.5 Å². The van der Waals surface area contributed by atoms with E-state index in [-0.39, 0.29) is 5.78 Å². The molecule has 0 aliphatic heterocycles. The maximum absolute atomic E-state index is 12.3. The molecular formula is C17H14BrIO2. The smallest absolute Gasteiger partial charge is 0.193 e. The summed E-state index contributed by atoms with van der Waals surface area (Å²) in [6.45, 7) is 0.524. The van der Waals surface area contributed by atoms with Gasteiger partial charge in [-0.05, 0) is 71.1 Å². The Bertz CT molecular complexity index is 618. The van der Waals surface area contributed by atoms with Crippen LogP contribution in [0.2, 0.25) is 0 Å². The van der Waals surface area contributed by atoms with Crippen molar-refractivity contribution in [3.05, 3.63) is 75.4 Å². The second-order valence-corrected chi connectivity index (χ2v) is 6.19. The van der Waals surface area contributed by atoms with Gasteiger partial charge in [-0.25, -0.2) is 0 Å². The van der Waals surface area contributed by atoms with Crippen LogP contribution in [0.5, 0.6) is 5.75 Å². The largest absolute Gasteiger partial charge is 0.490 e. The SMILES string of the molecule is O=C(c1ccc(I)cc1)c1ccc(OCC=CCBr)cc1. The second-order valence-electron chi connectivity index (χ2n) is 4.30. The van der Waals surface area contributed by atoms with Crippen LogP contribution >= 0.6 is 38.5 Å². The molecule has 2 rings (SSSR count). The number of carbonyl (C=O) groups excluding carboxylic acids is 1. The summed E-state index contributed by atoms with van der Waals surface area (Å²) in [4.78, 5) is 12.3. The predicted molar refractivity (Wildman–Crippen MR) is 97.5 cm³/mol. The summed E-state index contributed by atoms with van der Waals surface area (Å²) >= 11 is 5.53. The van der Waals surface area contributed by atoms with Crippen molar-refractivity contribution in [3.63, 3.8) is 0 Å². The lowest BCUT2D eigenvalue weighted by molar-refractivity contribution is 0.103. The zero-order valence-electron chi connectivity index (χ0n) is 11.3. The predicted octanol–water partition coefficient (Wildman–Crippen LogP) is 4.85. The van der Waals surface area contributed by atoms with Gasteiger partial charge in [0.25, 0.3) is 0 Å². The molecule has 0 aliphatic carbocycles. The maximum atomic E-state index is 12.3. The van der Waals surface area contributed by atoms with Crippen LogP contribution in [0, 0.1) is 3.57 Å². The van der Waals surface area contributed by atoms with Crippen LogP contribution in [0.15, 0.2) is 60.7 Å². The van der Waals surface area contributed by atoms with Crippen LogP contribution in [0.4, 0.5) is 0 Å². The molecule has 0 heterocycles. The fraction of sp³-hybridized carbons (Fsp3) is 0.118. The van der Waals surface area contributed by atoms with E-state index in [0.29, 0.717) is 17.7 Å². The third-order valence-electron chi connectivity index (χ3n) is 2.82. The molecule has 0 saturated heterocycles. The molecule has 0 spiro atoms. The van der Waals surface area contributed by atoms with Crippen molar-refractivity contribution >= 4 is 44.3 Å². The summed E-state index contributed by atoms with van der Waals surface area (Å²) in [5, 5.41) is 0.819. The van der Waals surface area contributed by atoms with Gasteiger partial charge in [0.2, 0.25) is 0 Å². The topological polar surface area (TPSA) is 26.3 Å². The van der Waals surface area contributed by atoms with Crippen molar-refractivity contribution in [2.75, 3.05) is 11.9 Å². The number of hydrogen-bond acceptors (Lipinski definition) is 2. The molecular weight excluding hydrogens is 443 g/mol. The quantitative estimate of drug-likeness (QED) is 0.269. The summed E-state index contributed by atoms with van der Waals surface area (Å²) in [6, 6.07) is 14.8. The van der Waals surface area contributed by atoms with E-state index < -0.39 is 0 Å². The number of halogens is 2. The summed E-state index contributed by atoms with van der Waals surface area (Å²) < 4.78 is 6.66. The summed E-state index contributed by atoms with van der Waals surface area (Å²) in [5.41, 5.74) is 1.36. The Morgan fingerprint density at radius 1 is 1.00 bits per heavy atom. The van der Waals surface area contributed by atoms with Crippen LogP contribution in [0.1, 0.15) is 15.9 Å². The molecule has 0 atom stereocenters. The monoisotopic (exact) mass is 456 g/mol. The first kappa shape index (κ1) is 16.2. The summed E-state index contributed by atoms with van der Waals surface area (Å²) in [6.07, 6.45) is 3.92. The third-order valence-corrected chi connectivity index (χ3v) is 3.92. The Labute approximate surface area is 146 Å². The first-order chi connectivity index (χ1) is 10.2. The van der Waals surface area contributed by atoms with E-state index in [0.717, 1.165) is 14.6 Å². The fourth-order valence-electron chi connectivity index (χ4n) is 1.75. The standard InChI is InChI=1S/C17H14BrIO2/c18-11-1-2-12-21-16-9-5-14(6-10-16)17(20)13-3-7-15(19)8-4-13/h1-10H,11-12H2. The number of alkyl halides is 1. The lowest BCUT2D eigenvalue weighted by Gasteiger charge is -2.05. The molecule has 0 saturated carbocycles. The van der Waals surface area contributed by atoms with Crippen molar-refractivity contribution in [2.24, 2.45) is 0 Å². The third kappa shape index (κ3) is 4.97. The maximum Gasteiger partial charge on any atom is 0.193 e. The Balaban J connectivity index is 2.02. The minimum atomic E-state index is 0.0251. The Hall–Kier alpha value is -1.14. The second kappa shape index (κ2) is 8.34. The molecule has 2 aromatic carbocycles. The van der Waals surface area contributed by atoms with Gasteiger partial charge in [0.15, 0.2) is 5.78 Å². The number of allylic oxidation sites excluding steroid dienone is 1. The highest BCUT2D eigenvalue weighted by molar-refractivity contribution is 14.1. The lowest BCUT2D eigenvalue weighted by atomic mass is 10.0. The van der Waals surface area contributed by atoms with Crippen LogP contribution in [-0.4, -0.2) is 17.7 Å². The van der Waals surface area contributed by atoms with E-state index in [1.807, 2.05) is 48.6 Å². The van der Waals surface area contributed by atoms with Crippen LogP contribution in [-0.2, 0) is 0 Å². The highest BCUT2D eigenvalue weighted by Gasteiger charge is 2.08. The first-order valence-corrected chi connectivity index (χ1v) is 8.65. The minimum absolute atomic E-state index is 0.0251. The van der Waals surface area contributed by atoms with E-state index >= 15 is 0 Å². The molecule has 0 bridgehead atoms. The molecule has 108 valence electrons. The van der Waals surface area contributed by atoms with Gasteiger partial charge in [0.05, 0.1) is 0 Å². The van der Waals surface area contributed by atoms with Crippen LogP contribution in [0.25, 0.3) is 0 Å². The number of rotatable bonds is 6. The Kier molecular flexibility index (Phi) is 6.45. The molecule has 21 heavy (non-hydrogen) atoms. The molecule has 0 unspecified atom stereocenters. The Morgan fingerprint density at radius 3 is 2.14 bits per heavy atom. The molecule has 2 nitrogen and oxygen atoms in total. The van der Waals surface area contributed by atoms with Gasteiger partial charge in [-0.15, -0.1) is 0 Å². The van der Waals surface area contributed by atoms with Crippen molar-refractivity contribution < 1.29 is 9.53 Å². The van der Waals surface area contributed by atoms with Crippen molar-refractivity contribution in [3.8, 4) is 5.75 Å². The van der Waals surface area contributed by atoms with Gasteiger partial charge < -0.3 is 4.74 Å². The first-order valence-electron chi connectivity index (χ1n) is 6.45. The zero-order valence-corrected chi connectivity index (χ0v) is 15.0. The van der Waals surface area contributed by atoms with Gasteiger partial charge in [-0.1, -0.05) is 28.1 Å². The minimum Gasteiger partial charge on any atom is -0.490 e. The van der Waals surface area contributed by atoms with Crippen molar-refractivity contribution in [1.29, 1.82) is 0 Å². The molecule has 0 fully saturated rings. The number of benzene rings is 2. The molecule has 0 radical (unpaired) electrons. The molecule has 4 heteroatoms. The molecule has 0 aliphatic rings. The highest BCUT2D eigenvalue weighted by atomic mass is 127. The van der Waals surface area contributed by atoms with Gasteiger partial charge in [0.1, 0.15) is 12.4 Å². The fourth-order valence-corrected chi connectivity index (χ4v) is 2.37. The van der Waals surface area contributed by atoms with Crippen LogP contribution < -0.4 is 4.74 Å². The zero-order chi connectivity index (χ0) is 15.1. The summed E-state index contributed by atoms with van der Waals surface area (Å²) in [7, 11) is 0. The van der Waals surface area contributed by atoms with E-state index in [9.17, 15) is 4.79 Å². The molecule has 0 aromatic heterocycles. The molecule has 0 amide bonds. The van der Waals surface area contributed by atoms with E-state index in [1.54, 1.807) is 12.1 Å². The van der Waals surface area contributed by atoms with Gasteiger partial charge in [-0.3, -0.25) is 4.79 Å². The van der Waals surface area contributed by atoms with Crippen molar-refractivity contribution in [2.45, 2.75) is 0 Å². The average Bonchev–Trinajstić information content (AvgIpc) is 2.52.